The van der Waals surface area contributed by atoms with Gasteiger partial charge < -0.3 is 5.11 Å². The third-order valence-corrected chi connectivity index (χ3v) is 5.68. The second-order valence-electron chi connectivity index (χ2n) is 6.75. The number of rotatable bonds is 7. The number of hydrogen-bond acceptors (Lipinski definition) is 3. The van der Waals surface area contributed by atoms with Gasteiger partial charge >= 0.3 is 5.97 Å². The van der Waals surface area contributed by atoms with Crippen LogP contribution in [0.2, 0.25) is 0 Å². The van der Waals surface area contributed by atoms with Crippen molar-refractivity contribution in [3.63, 3.8) is 0 Å². The van der Waals surface area contributed by atoms with Gasteiger partial charge in [0.15, 0.2) is 0 Å². The highest BCUT2D eigenvalue weighted by Gasteiger charge is 2.37. The molecule has 1 unspecified atom stereocenters. The Morgan fingerprint density at radius 3 is 2.24 bits per heavy atom. The van der Waals surface area contributed by atoms with Crippen molar-refractivity contribution < 1.29 is 14.7 Å². The van der Waals surface area contributed by atoms with Crippen molar-refractivity contribution in [1.82, 2.24) is 0 Å². The fourth-order valence-electron chi connectivity index (χ4n) is 3.18. The van der Waals surface area contributed by atoms with Gasteiger partial charge in [0.2, 0.25) is 0 Å². The SMILES string of the molecule is CCCC1=NN(c2ccc(Br)cc2)C(=O)C1C/C(=C/c1ccc(Br)cc1)C(=O)O. The average Bonchev–Trinajstić information content (AvgIpc) is 2.99. The number of hydrogen-bond donors (Lipinski definition) is 1. The molecule has 0 aromatic heterocycles. The van der Waals surface area contributed by atoms with Crippen LogP contribution in [0.25, 0.3) is 6.08 Å². The molecule has 1 heterocycles. The van der Waals surface area contributed by atoms with Crippen molar-refractivity contribution in [2.24, 2.45) is 11.0 Å². The molecule has 0 spiro atoms. The third-order valence-electron chi connectivity index (χ3n) is 4.62. The number of nitrogens with zero attached hydrogens (tertiary/aromatic N) is 2. The number of anilines is 1. The van der Waals surface area contributed by atoms with Crippen LogP contribution >= 0.6 is 31.9 Å². The maximum absolute atomic E-state index is 13.1. The van der Waals surface area contributed by atoms with Crippen molar-refractivity contribution in [3.8, 4) is 0 Å². The smallest absolute Gasteiger partial charge is 0.331 e. The van der Waals surface area contributed by atoms with E-state index >= 15 is 0 Å². The number of carboxylic acids is 1. The highest BCUT2D eigenvalue weighted by atomic mass is 79.9. The Morgan fingerprint density at radius 1 is 1.10 bits per heavy atom. The summed E-state index contributed by atoms with van der Waals surface area (Å²) in [5.41, 5.74) is 2.35. The fourth-order valence-corrected chi connectivity index (χ4v) is 3.71. The maximum atomic E-state index is 13.1. The van der Waals surface area contributed by atoms with Crippen molar-refractivity contribution in [2.75, 3.05) is 5.01 Å². The summed E-state index contributed by atoms with van der Waals surface area (Å²) in [6, 6.07) is 14.7. The summed E-state index contributed by atoms with van der Waals surface area (Å²) in [7, 11) is 0. The van der Waals surface area contributed by atoms with E-state index in [0.717, 1.165) is 26.6 Å². The molecule has 0 aliphatic carbocycles. The standard InChI is InChI=1S/C22H20Br2N2O3/c1-2-3-20-19(21(27)26(25-20)18-10-8-17(24)9-11-18)13-15(22(28)29)12-14-4-6-16(23)7-5-14/h4-12,19H,2-3,13H2,1H3,(H,28,29)/b15-12-. The van der Waals surface area contributed by atoms with Crippen LogP contribution in [0.15, 0.2) is 68.2 Å². The molecule has 150 valence electrons. The molecular weight excluding hydrogens is 500 g/mol. The molecule has 7 heteroatoms. The molecule has 1 N–H and O–H groups in total. The van der Waals surface area contributed by atoms with E-state index < -0.39 is 11.9 Å². The molecule has 1 atom stereocenters. The summed E-state index contributed by atoms with van der Waals surface area (Å²) in [6.07, 6.45) is 3.20. The van der Waals surface area contributed by atoms with E-state index in [1.165, 1.54) is 5.01 Å². The number of carbonyl (C=O) groups excluding carboxylic acids is 1. The molecule has 29 heavy (non-hydrogen) atoms. The predicted octanol–water partition coefficient (Wildman–Crippen LogP) is 5.89. The molecule has 0 saturated heterocycles. The van der Waals surface area contributed by atoms with Crippen LogP contribution in [-0.4, -0.2) is 22.7 Å². The van der Waals surface area contributed by atoms with Gasteiger partial charge in [0.1, 0.15) is 0 Å². The van der Waals surface area contributed by atoms with Gasteiger partial charge in [-0.15, -0.1) is 0 Å². The van der Waals surface area contributed by atoms with Crippen molar-refractivity contribution in [2.45, 2.75) is 26.2 Å². The van der Waals surface area contributed by atoms with Gasteiger partial charge in [0, 0.05) is 14.5 Å². The number of aliphatic carboxylic acids is 1. The van der Waals surface area contributed by atoms with Crippen LogP contribution in [0.1, 0.15) is 31.7 Å². The van der Waals surface area contributed by atoms with E-state index in [0.29, 0.717) is 12.1 Å². The minimum atomic E-state index is -1.03. The van der Waals surface area contributed by atoms with E-state index in [1.807, 2.05) is 55.5 Å². The van der Waals surface area contributed by atoms with Gasteiger partial charge in [-0.2, -0.15) is 5.10 Å². The lowest BCUT2D eigenvalue weighted by atomic mass is 9.91. The molecule has 0 saturated carbocycles. The molecule has 1 amide bonds. The molecule has 2 aromatic rings. The first-order chi connectivity index (χ1) is 13.9. The third kappa shape index (κ3) is 5.22. The van der Waals surface area contributed by atoms with Crippen LogP contribution in [0, 0.1) is 5.92 Å². The Hall–Kier alpha value is -2.25. The van der Waals surface area contributed by atoms with E-state index in [9.17, 15) is 14.7 Å². The van der Waals surface area contributed by atoms with Gasteiger partial charge in [-0.3, -0.25) is 4.79 Å². The van der Waals surface area contributed by atoms with Crippen molar-refractivity contribution in [3.05, 3.63) is 68.6 Å². The summed E-state index contributed by atoms with van der Waals surface area (Å²) in [5, 5.41) is 15.6. The number of benzene rings is 2. The molecular formula is C22H20Br2N2O3. The molecule has 2 aromatic carbocycles. The summed E-state index contributed by atoms with van der Waals surface area (Å²) >= 11 is 6.76. The summed E-state index contributed by atoms with van der Waals surface area (Å²) in [4.78, 5) is 25.0. The monoisotopic (exact) mass is 518 g/mol. The number of carbonyl (C=O) groups is 2. The summed E-state index contributed by atoms with van der Waals surface area (Å²) < 4.78 is 1.83. The molecule has 1 aliphatic rings. The number of amides is 1. The average molecular weight is 520 g/mol. The second-order valence-corrected chi connectivity index (χ2v) is 8.58. The number of halogens is 2. The van der Waals surface area contributed by atoms with Crippen molar-refractivity contribution >= 4 is 61.2 Å². The van der Waals surface area contributed by atoms with Gasteiger partial charge in [-0.05, 0) is 60.9 Å². The Labute approximate surface area is 186 Å². The first kappa shape index (κ1) is 21.5. The summed E-state index contributed by atoms with van der Waals surface area (Å²) in [6.45, 7) is 2.02. The molecule has 5 nitrogen and oxygen atoms in total. The molecule has 0 fully saturated rings. The zero-order valence-electron chi connectivity index (χ0n) is 15.8. The minimum absolute atomic E-state index is 0.107. The van der Waals surface area contributed by atoms with Crippen LogP contribution in [0.5, 0.6) is 0 Å². The Morgan fingerprint density at radius 2 is 1.69 bits per heavy atom. The van der Waals surface area contributed by atoms with Crippen LogP contribution in [0.3, 0.4) is 0 Å². The highest BCUT2D eigenvalue weighted by Crippen LogP contribution is 2.31. The van der Waals surface area contributed by atoms with Gasteiger partial charge in [-0.1, -0.05) is 57.3 Å². The van der Waals surface area contributed by atoms with Crippen LogP contribution < -0.4 is 5.01 Å². The zero-order chi connectivity index (χ0) is 21.0. The minimum Gasteiger partial charge on any atom is -0.478 e. The normalized spacial score (nSPS) is 16.9. The first-order valence-corrected chi connectivity index (χ1v) is 10.8. The fraction of sp³-hybridized carbons (Fsp3) is 0.227. The van der Waals surface area contributed by atoms with Crippen LogP contribution in [0.4, 0.5) is 5.69 Å². The highest BCUT2D eigenvalue weighted by molar-refractivity contribution is 9.10. The van der Waals surface area contributed by atoms with Gasteiger partial charge in [-0.25, -0.2) is 9.80 Å². The molecule has 3 rings (SSSR count). The zero-order valence-corrected chi connectivity index (χ0v) is 19.0. The molecule has 0 radical (unpaired) electrons. The van der Waals surface area contributed by atoms with E-state index in [-0.39, 0.29) is 17.9 Å². The molecule has 0 bridgehead atoms. The Kier molecular flexibility index (Phi) is 7.03. The van der Waals surface area contributed by atoms with Crippen molar-refractivity contribution in [1.29, 1.82) is 0 Å². The van der Waals surface area contributed by atoms with E-state index in [4.69, 9.17) is 0 Å². The number of carboxylic acid groups (broad SMARTS) is 1. The quantitative estimate of drug-likeness (QED) is 0.464. The van der Waals surface area contributed by atoms with Gasteiger partial charge in [0.25, 0.3) is 5.91 Å². The van der Waals surface area contributed by atoms with Crippen LogP contribution in [-0.2, 0) is 9.59 Å². The number of hydrazone groups is 1. The largest absolute Gasteiger partial charge is 0.478 e. The Balaban J connectivity index is 1.89. The maximum Gasteiger partial charge on any atom is 0.331 e. The van der Waals surface area contributed by atoms with E-state index in [1.54, 1.807) is 6.08 Å². The van der Waals surface area contributed by atoms with Gasteiger partial charge in [0.05, 0.1) is 17.3 Å². The molecule has 1 aliphatic heterocycles. The lowest BCUT2D eigenvalue weighted by molar-refractivity contribution is -0.132. The lowest BCUT2D eigenvalue weighted by Crippen LogP contribution is -2.28. The summed E-state index contributed by atoms with van der Waals surface area (Å²) in [5.74, 6) is -1.80. The predicted molar refractivity (Wildman–Crippen MR) is 122 cm³/mol. The first-order valence-electron chi connectivity index (χ1n) is 9.25. The topological polar surface area (TPSA) is 70.0 Å². The second kappa shape index (κ2) is 9.50. The lowest BCUT2D eigenvalue weighted by Gasteiger charge is -2.15. The van der Waals surface area contributed by atoms with E-state index in [2.05, 4.69) is 37.0 Å². The Bertz CT molecular complexity index is 967.